The summed E-state index contributed by atoms with van der Waals surface area (Å²) in [7, 11) is 3.25. The van der Waals surface area contributed by atoms with E-state index in [1.807, 2.05) is 25.1 Å². The average Bonchev–Trinajstić information content (AvgIpc) is 2.16. The lowest BCUT2D eigenvalue weighted by molar-refractivity contribution is 0.385. The molecular formula is C10H13ClO2. The zero-order chi connectivity index (χ0) is 9.84. The maximum Gasteiger partial charge on any atom is 0.127 e. The van der Waals surface area contributed by atoms with Crippen LogP contribution in [0.25, 0.3) is 0 Å². The van der Waals surface area contributed by atoms with Gasteiger partial charge in [-0.2, -0.15) is 0 Å². The van der Waals surface area contributed by atoms with E-state index in [0.717, 1.165) is 17.1 Å². The topological polar surface area (TPSA) is 18.5 Å². The van der Waals surface area contributed by atoms with Crippen LogP contribution in [0.5, 0.6) is 11.5 Å². The summed E-state index contributed by atoms with van der Waals surface area (Å²) in [5, 5.41) is -0.119. The van der Waals surface area contributed by atoms with Crippen LogP contribution in [0.4, 0.5) is 0 Å². The highest BCUT2D eigenvalue weighted by molar-refractivity contribution is 6.21. The number of hydrogen-bond acceptors (Lipinski definition) is 2. The lowest BCUT2D eigenvalue weighted by Crippen LogP contribution is -1.96. The van der Waals surface area contributed by atoms with Crippen LogP contribution < -0.4 is 9.47 Å². The van der Waals surface area contributed by atoms with Gasteiger partial charge in [-0.3, -0.25) is 0 Å². The van der Waals surface area contributed by atoms with E-state index in [0.29, 0.717) is 0 Å². The number of benzene rings is 1. The normalized spacial score (nSPS) is 12.3. The third kappa shape index (κ3) is 2.07. The van der Waals surface area contributed by atoms with Crippen molar-refractivity contribution in [3.8, 4) is 11.5 Å². The molecule has 1 rings (SSSR count). The van der Waals surface area contributed by atoms with Gasteiger partial charge in [-0.15, -0.1) is 11.6 Å². The van der Waals surface area contributed by atoms with Gasteiger partial charge in [0, 0.05) is 0 Å². The van der Waals surface area contributed by atoms with Crippen molar-refractivity contribution >= 4 is 11.6 Å². The number of hydrogen-bond donors (Lipinski definition) is 0. The molecule has 1 unspecified atom stereocenters. The summed E-state index contributed by atoms with van der Waals surface area (Å²) in [4.78, 5) is 0. The van der Waals surface area contributed by atoms with Gasteiger partial charge in [0.15, 0.2) is 0 Å². The van der Waals surface area contributed by atoms with E-state index in [4.69, 9.17) is 21.1 Å². The third-order valence-electron chi connectivity index (χ3n) is 1.86. The molecule has 0 spiro atoms. The Kier molecular flexibility index (Phi) is 3.43. The van der Waals surface area contributed by atoms with Crippen LogP contribution in [-0.4, -0.2) is 14.2 Å². The smallest absolute Gasteiger partial charge is 0.127 e. The average molecular weight is 201 g/mol. The number of halogens is 1. The van der Waals surface area contributed by atoms with Crippen molar-refractivity contribution in [1.82, 2.24) is 0 Å². The molecule has 0 saturated heterocycles. The molecule has 0 aliphatic carbocycles. The van der Waals surface area contributed by atoms with Crippen molar-refractivity contribution in [2.75, 3.05) is 14.2 Å². The molecular weight excluding hydrogens is 188 g/mol. The molecule has 2 nitrogen and oxygen atoms in total. The first-order chi connectivity index (χ1) is 6.20. The molecule has 13 heavy (non-hydrogen) atoms. The summed E-state index contributed by atoms with van der Waals surface area (Å²) in [6.45, 7) is 1.89. The fraction of sp³-hybridized carbons (Fsp3) is 0.400. The molecule has 1 aromatic carbocycles. The minimum Gasteiger partial charge on any atom is -0.496 e. The molecule has 1 atom stereocenters. The lowest BCUT2D eigenvalue weighted by atomic mass is 10.1. The van der Waals surface area contributed by atoms with Gasteiger partial charge in [-0.25, -0.2) is 0 Å². The Morgan fingerprint density at radius 1 is 1.15 bits per heavy atom. The molecule has 0 fully saturated rings. The second kappa shape index (κ2) is 4.38. The number of rotatable bonds is 3. The predicted octanol–water partition coefficient (Wildman–Crippen LogP) is 3.00. The minimum absolute atomic E-state index is 0.119. The molecule has 0 aliphatic rings. The molecule has 0 aromatic heterocycles. The van der Waals surface area contributed by atoms with E-state index in [1.54, 1.807) is 14.2 Å². The van der Waals surface area contributed by atoms with E-state index in [1.165, 1.54) is 0 Å². The standard InChI is InChI=1S/C10H13ClO2/c1-7(11)10-8(12-2)5-4-6-9(10)13-3/h4-7H,1-3H3. The fourth-order valence-electron chi connectivity index (χ4n) is 1.27. The zero-order valence-electron chi connectivity index (χ0n) is 8.00. The van der Waals surface area contributed by atoms with Crippen LogP contribution in [0.2, 0.25) is 0 Å². The van der Waals surface area contributed by atoms with Crippen LogP contribution in [0, 0.1) is 0 Å². The SMILES string of the molecule is COc1cccc(OC)c1C(C)Cl. The maximum atomic E-state index is 6.01. The van der Waals surface area contributed by atoms with Crippen molar-refractivity contribution < 1.29 is 9.47 Å². The second-order valence-corrected chi connectivity index (χ2v) is 3.35. The molecule has 3 heteroatoms. The molecule has 72 valence electrons. The van der Waals surface area contributed by atoms with Crippen molar-refractivity contribution in [2.45, 2.75) is 12.3 Å². The number of methoxy groups -OCH3 is 2. The Balaban J connectivity index is 3.21. The Labute approximate surface area is 83.4 Å². The second-order valence-electron chi connectivity index (χ2n) is 2.69. The maximum absolute atomic E-state index is 6.01. The summed E-state index contributed by atoms with van der Waals surface area (Å²) in [6.07, 6.45) is 0. The van der Waals surface area contributed by atoms with E-state index in [-0.39, 0.29) is 5.38 Å². The predicted molar refractivity (Wildman–Crippen MR) is 53.8 cm³/mol. The summed E-state index contributed by atoms with van der Waals surface area (Å²) < 4.78 is 10.4. The van der Waals surface area contributed by atoms with Gasteiger partial charge in [0.25, 0.3) is 0 Å². The Morgan fingerprint density at radius 2 is 1.62 bits per heavy atom. The summed E-state index contributed by atoms with van der Waals surface area (Å²) in [6, 6.07) is 5.62. The van der Waals surface area contributed by atoms with E-state index in [9.17, 15) is 0 Å². The van der Waals surface area contributed by atoms with Gasteiger partial charge in [0.05, 0.1) is 25.2 Å². The van der Waals surface area contributed by atoms with Gasteiger partial charge < -0.3 is 9.47 Å². The fourth-order valence-corrected chi connectivity index (χ4v) is 1.49. The van der Waals surface area contributed by atoms with Crippen molar-refractivity contribution in [1.29, 1.82) is 0 Å². The first-order valence-electron chi connectivity index (χ1n) is 4.05. The molecule has 0 radical (unpaired) electrons. The Hall–Kier alpha value is -0.890. The number of alkyl halides is 1. The minimum atomic E-state index is -0.119. The van der Waals surface area contributed by atoms with Gasteiger partial charge in [0.1, 0.15) is 11.5 Å². The van der Waals surface area contributed by atoms with Crippen LogP contribution in [0.1, 0.15) is 17.9 Å². The summed E-state index contributed by atoms with van der Waals surface area (Å²) in [5.74, 6) is 1.53. The summed E-state index contributed by atoms with van der Waals surface area (Å²) >= 11 is 6.01. The van der Waals surface area contributed by atoms with Gasteiger partial charge in [0.2, 0.25) is 0 Å². The largest absolute Gasteiger partial charge is 0.496 e. The molecule has 0 bridgehead atoms. The molecule has 1 aromatic rings. The summed E-state index contributed by atoms with van der Waals surface area (Å²) in [5.41, 5.74) is 0.897. The van der Waals surface area contributed by atoms with Crippen LogP contribution in [0.3, 0.4) is 0 Å². The van der Waals surface area contributed by atoms with Crippen LogP contribution in [-0.2, 0) is 0 Å². The van der Waals surface area contributed by atoms with Gasteiger partial charge in [-0.05, 0) is 19.1 Å². The molecule has 0 amide bonds. The van der Waals surface area contributed by atoms with E-state index >= 15 is 0 Å². The zero-order valence-corrected chi connectivity index (χ0v) is 8.76. The van der Waals surface area contributed by atoms with Gasteiger partial charge in [-0.1, -0.05) is 6.07 Å². The van der Waals surface area contributed by atoms with Crippen molar-refractivity contribution in [3.05, 3.63) is 23.8 Å². The highest BCUT2D eigenvalue weighted by Crippen LogP contribution is 2.36. The highest BCUT2D eigenvalue weighted by atomic mass is 35.5. The lowest BCUT2D eigenvalue weighted by Gasteiger charge is -2.14. The Morgan fingerprint density at radius 3 is 1.92 bits per heavy atom. The quantitative estimate of drug-likeness (QED) is 0.699. The number of ether oxygens (including phenoxy) is 2. The molecule has 0 N–H and O–H groups in total. The van der Waals surface area contributed by atoms with Crippen LogP contribution in [0.15, 0.2) is 18.2 Å². The van der Waals surface area contributed by atoms with Crippen molar-refractivity contribution in [2.24, 2.45) is 0 Å². The van der Waals surface area contributed by atoms with E-state index < -0.39 is 0 Å². The van der Waals surface area contributed by atoms with Crippen molar-refractivity contribution in [3.63, 3.8) is 0 Å². The highest BCUT2D eigenvalue weighted by Gasteiger charge is 2.14. The monoisotopic (exact) mass is 200 g/mol. The Bertz CT molecular complexity index is 262. The third-order valence-corrected chi connectivity index (χ3v) is 2.08. The molecule has 0 aliphatic heterocycles. The first kappa shape index (κ1) is 10.2. The molecule has 0 saturated carbocycles. The van der Waals surface area contributed by atoms with E-state index in [2.05, 4.69) is 0 Å². The van der Waals surface area contributed by atoms with Gasteiger partial charge >= 0.3 is 0 Å². The van der Waals surface area contributed by atoms with Crippen LogP contribution >= 0.6 is 11.6 Å². The first-order valence-corrected chi connectivity index (χ1v) is 4.49. The molecule has 0 heterocycles.